The standard InChI is InChI=1S/C15H20F3NO2S/c1-10(11-5-7-12(16)8-6-11)19(4)22(20,21)9-13-14(2,3)15(13,17)18/h5-8,10,13H,9H2,1-4H3. The first-order valence-corrected chi connectivity index (χ1v) is 8.61. The van der Waals surface area contributed by atoms with Gasteiger partial charge in [0.15, 0.2) is 0 Å². The highest BCUT2D eigenvalue weighted by atomic mass is 32.2. The average molecular weight is 335 g/mol. The highest BCUT2D eigenvalue weighted by Crippen LogP contribution is 2.65. The van der Waals surface area contributed by atoms with Crippen LogP contribution >= 0.6 is 0 Å². The Balaban J connectivity index is 2.14. The van der Waals surface area contributed by atoms with Crippen LogP contribution in [-0.4, -0.2) is 31.4 Å². The summed E-state index contributed by atoms with van der Waals surface area (Å²) in [4.78, 5) is 0. The number of nitrogens with zero attached hydrogens (tertiary/aromatic N) is 1. The van der Waals surface area contributed by atoms with Crippen LogP contribution in [-0.2, 0) is 10.0 Å². The summed E-state index contributed by atoms with van der Waals surface area (Å²) in [5.74, 6) is -5.14. The number of halogens is 3. The maximum atomic E-state index is 13.6. The molecule has 124 valence electrons. The summed E-state index contributed by atoms with van der Waals surface area (Å²) in [6.07, 6.45) is 0. The molecule has 1 saturated carbocycles. The topological polar surface area (TPSA) is 37.4 Å². The van der Waals surface area contributed by atoms with E-state index < -0.39 is 44.9 Å². The molecule has 3 nitrogen and oxygen atoms in total. The Hall–Kier alpha value is -1.08. The monoisotopic (exact) mass is 335 g/mol. The van der Waals surface area contributed by atoms with Crippen molar-refractivity contribution in [2.24, 2.45) is 11.3 Å². The molecule has 1 aromatic rings. The van der Waals surface area contributed by atoms with E-state index in [-0.39, 0.29) is 0 Å². The van der Waals surface area contributed by atoms with Crippen molar-refractivity contribution in [3.63, 3.8) is 0 Å². The molecule has 2 atom stereocenters. The van der Waals surface area contributed by atoms with Crippen molar-refractivity contribution in [1.29, 1.82) is 0 Å². The minimum atomic E-state index is -3.84. The van der Waals surface area contributed by atoms with Gasteiger partial charge in [0.05, 0.1) is 5.75 Å². The van der Waals surface area contributed by atoms with Gasteiger partial charge in [-0.25, -0.2) is 21.6 Å². The molecule has 1 fully saturated rings. The molecule has 2 unspecified atom stereocenters. The van der Waals surface area contributed by atoms with Crippen LogP contribution in [0.15, 0.2) is 24.3 Å². The van der Waals surface area contributed by atoms with E-state index >= 15 is 0 Å². The van der Waals surface area contributed by atoms with Crippen molar-refractivity contribution < 1.29 is 21.6 Å². The van der Waals surface area contributed by atoms with Crippen molar-refractivity contribution in [3.05, 3.63) is 35.6 Å². The lowest BCUT2D eigenvalue weighted by Gasteiger charge is -2.24. The smallest absolute Gasteiger partial charge is 0.212 e. The van der Waals surface area contributed by atoms with Crippen molar-refractivity contribution >= 4 is 10.0 Å². The Kier molecular flexibility index (Phi) is 4.11. The molecule has 0 heterocycles. The van der Waals surface area contributed by atoms with Gasteiger partial charge in [-0.05, 0) is 24.6 Å². The minimum Gasteiger partial charge on any atom is -0.212 e. The average Bonchev–Trinajstić information content (AvgIpc) is 2.80. The molecule has 7 heteroatoms. The molecule has 0 saturated heterocycles. The predicted molar refractivity (Wildman–Crippen MR) is 78.6 cm³/mol. The van der Waals surface area contributed by atoms with Crippen LogP contribution in [0.5, 0.6) is 0 Å². The zero-order valence-corrected chi connectivity index (χ0v) is 13.8. The van der Waals surface area contributed by atoms with E-state index in [1.54, 1.807) is 6.92 Å². The first-order chi connectivity index (χ1) is 9.91. The molecule has 0 N–H and O–H groups in total. The van der Waals surface area contributed by atoms with Gasteiger partial charge in [-0.1, -0.05) is 26.0 Å². The van der Waals surface area contributed by atoms with Crippen molar-refractivity contribution in [1.82, 2.24) is 4.31 Å². The third kappa shape index (κ3) is 2.76. The number of sulfonamides is 1. The highest BCUT2D eigenvalue weighted by Gasteiger charge is 2.75. The lowest BCUT2D eigenvalue weighted by Crippen LogP contribution is -2.33. The van der Waals surface area contributed by atoms with Gasteiger partial charge in [-0.15, -0.1) is 0 Å². The van der Waals surface area contributed by atoms with Crippen molar-refractivity contribution in [2.45, 2.75) is 32.7 Å². The Morgan fingerprint density at radius 1 is 1.23 bits per heavy atom. The summed E-state index contributed by atoms with van der Waals surface area (Å²) < 4.78 is 65.9. The van der Waals surface area contributed by atoms with Crippen LogP contribution in [0.3, 0.4) is 0 Å². The van der Waals surface area contributed by atoms with Gasteiger partial charge >= 0.3 is 0 Å². The van der Waals surface area contributed by atoms with Crippen LogP contribution in [0.25, 0.3) is 0 Å². The van der Waals surface area contributed by atoms with Crippen LogP contribution in [0.4, 0.5) is 13.2 Å². The van der Waals surface area contributed by atoms with E-state index in [9.17, 15) is 21.6 Å². The molecule has 0 aliphatic heterocycles. The van der Waals surface area contributed by atoms with E-state index in [1.807, 2.05) is 0 Å². The summed E-state index contributed by atoms with van der Waals surface area (Å²) >= 11 is 0. The molecular formula is C15H20F3NO2S. The van der Waals surface area contributed by atoms with Gasteiger partial charge in [0.2, 0.25) is 10.0 Å². The lowest BCUT2D eigenvalue weighted by atomic mass is 10.1. The first-order valence-electron chi connectivity index (χ1n) is 7.00. The van der Waals surface area contributed by atoms with Crippen LogP contribution in [0.2, 0.25) is 0 Å². The van der Waals surface area contributed by atoms with Gasteiger partial charge in [-0.2, -0.15) is 4.31 Å². The van der Waals surface area contributed by atoms with Crippen molar-refractivity contribution in [2.75, 3.05) is 12.8 Å². The second-order valence-corrected chi connectivity index (χ2v) is 8.49. The molecule has 0 amide bonds. The highest BCUT2D eigenvalue weighted by molar-refractivity contribution is 7.89. The largest absolute Gasteiger partial charge is 0.258 e. The summed E-state index contributed by atoms with van der Waals surface area (Å²) in [5.41, 5.74) is -0.686. The fourth-order valence-electron chi connectivity index (χ4n) is 2.59. The predicted octanol–water partition coefficient (Wildman–Crippen LogP) is 3.44. The summed E-state index contributed by atoms with van der Waals surface area (Å²) in [7, 11) is -2.48. The van der Waals surface area contributed by atoms with Gasteiger partial charge in [-0.3, -0.25) is 0 Å². The second kappa shape index (κ2) is 5.23. The number of benzene rings is 1. The van der Waals surface area contributed by atoms with E-state index in [1.165, 1.54) is 45.2 Å². The molecule has 0 spiro atoms. The molecule has 0 aromatic heterocycles. The van der Waals surface area contributed by atoms with Crippen LogP contribution in [0, 0.1) is 17.2 Å². The number of hydrogen-bond donors (Lipinski definition) is 0. The normalized spacial score (nSPS) is 24.3. The SMILES string of the molecule is CC(c1ccc(F)cc1)N(C)S(=O)(=O)CC1C(C)(C)C1(F)F. The molecule has 0 radical (unpaired) electrons. The lowest BCUT2D eigenvalue weighted by molar-refractivity contribution is 0.0684. The summed E-state index contributed by atoms with van der Waals surface area (Å²) in [6.45, 7) is 4.38. The zero-order chi connectivity index (χ0) is 16.9. The van der Waals surface area contributed by atoms with E-state index in [0.29, 0.717) is 5.56 Å². The maximum absolute atomic E-state index is 13.6. The summed E-state index contributed by atoms with van der Waals surface area (Å²) in [6, 6.07) is 4.90. The van der Waals surface area contributed by atoms with E-state index in [0.717, 1.165) is 4.31 Å². The first kappa shape index (κ1) is 17.3. The van der Waals surface area contributed by atoms with Gasteiger partial charge in [0.25, 0.3) is 5.92 Å². The minimum absolute atomic E-state index is 0.416. The number of hydrogen-bond acceptors (Lipinski definition) is 2. The number of rotatable bonds is 5. The fraction of sp³-hybridized carbons (Fsp3) is 0.600. The Labute approximate surface area is 129 Å². The molecule has 1 aliphatic rings. The van der Waals surface area contributed by atoms with Crippen molar-refractivity contribution in [3.8, 4) is 0 Å². The van der Waals surface area contributed by atoms with Gasteiger partial charge < -0.3 is 0 Å². The van der Waals surface area contributed by atoms with Crippen LogP contribution in [0.1, 0.15) is 32.4 Å². The number of alkyl halides is 2. The molecular weight excluding hydrogens is 315 g/mol. The molecule has 2 rings (SSSR count). The molecule has 22 heavy (non-hydrogen) atoms. The third-order valence-corrected chi connectivity index (χ3v) is 6.75. The second-order valence-electron chi connectivity index (χ2n) is 6.42. The van der Waals surface area contributed by atoms with Gasteiger partial charge in [0.1, 0.15) is 5.82 Å². The fourth-order valence-corrected chi connectivity index (χ4v) is 4.48. The van der Waals surface area contributed by atoms with Gasteiger partial charge in [0, 0.05) is 24.4 Å². The maximum Gasteiger partial charge on any atom is 0.258 e. The van der Waals surface area contributed by atoms with E-state index in [4.69, 9.17) is 0 Å². The third-order valence-electron chi connectivity index (χ3n) is 4.80. The molecule has 1 aromatic carbocycles. The Bertz CT molecular complexity index is 642. The van der Waals surface area contributed by atoms with Crippen LogP contribution < -0.4 is 0 Å². The Morgan fingerprint density at radius 2 is 1.68 bits per heavy atom. The van der Waals surface area contributed by atoms with E-state index in [2.05, 4.69) is 0 Å². The zero-order valence-electron chi connectivity index (χ0n) is 13.0. The molecule has 1 aliphatic carbocycles. The summed E-state index contributed by atoms with van der Waals surface area (Å²) in [5, 5.41) is 0. The quantitative estimate of drug-likeness (QED) is 0.827. The molecule has 0 bridgehead atoms. The Morgan fingerprint density at radius 3 is 2.09 bits per heavy atom.